The van der Waals surface area contributed by atoms with E-state index in [9.17, 15) is 0 Å². The molecule has 0 aliphatic rings. The maximum Gasteiger partial charge on any atom is 0.184 e. The van der Waals surface area contributed by atoms with Gasteiger partial charge in [-0.3, -0.25) is 4.40 Å². The third-order valence-corrected chi connectivity index (χ3v) is 1.88. The van der Waals surface area contributed by atoms with Crippen LogP contribution in [0, 0.1) is 6.92 Å². The molecule has 0 fully saturated rings. The van der Waals surface area contributed by atoms with E-state index < -0.39 is 0 Å². The van der Waals surface area contributed by atoms with E-state index in [0.29, 0.717) is 16.4 Å². The summed E-state index contributed by atoms with van der Waals surface area (Å²) < 4.78 is 1.76. The van der Waals surface area contributed by atoms with Crippen LogP contribution in [-0.2, 0) is 0 Å². The summed E-state index contributed by atoms with van der Waals surface area (Å²) in [7, 11) is 0. The number of halogens is 1. The van der Waals surface area contributed by atoms with Crippen molar-refractivity contribution in [1.82, 2.24) is 14.6 Å². The molecular formula is C7H7ClN4. The molecule has 0 aliphatic heterocycles. The number of nitrogens with two attached hydrogens (primary N) is 1. The Balaban J connectivity index is 2.92. The van der Waals surface area contributed by atoms with Crippen molar-refractivity contribution >= 4 is 22.9 Å². The van der Waals surface area contributed by atoms with Crippen molar-refractivity contribution in [2.75, 3.05) is 5.73 Å². The monoisotopic (exact) mass is 182 g/mol. The van der Waals surface area contributed by atoms with Gasteiger partial charge in [0.15, 0.2) is 5.65 Å². The van der Waals surface area contributed by atoms with Gasteiger partial charge in [-0.1, -0.05) is 11.6 Å². The fourth-order valence-electron chi connectivity index (χ4n) is 1.09. The number of rotatable bonds is 0. The summed E-state index contributed by atoms with van der Waals surface area (Å²) in [5, 5.41) is 8.35. The SMILES string of the molecule is Cc1nnc2c(N)cc(Cl)cn12. The predicted molar refractivity (Wildman–Crippen MR) is 47.1 cm³/mol. The van der Waals surface area contributed by atoms with Crippen molar-refractivity contribution in [3.63, 3.8) is 0 Å². The first-order chi connectivity index (χ1) is 5.68. The number of nitrogens with zero attached hydrogens (tertiary/aromatic N) is 3. The highest BCUT2D eigenvalue weighted by Gasteiger charge is 2.04. The molecule has 0 saturated heterocycles. The zero-order chi connectivity index (χ0) is 8.72. The van der Waals surface area contributed by atoms with Crippen molar-refractivity contribution in [3.05, 3.63) is 23.1 Å². The molecule has 0 amide bonds. The molecule has 2 aromatic rings. The smallest absolute Gasteiger partial charge is 0.184 e. The minimum Gasteiger partial charge on any atom is -0.396 e. The van der Waals surface area contributed by atoms with E-state index in [-0.39, 0.29) is 0 Å². The van der Waals surface area contributed by atoms with Gasteiger partial charge in [0.25, 0.3) is 0 Å². The summed E-state index contributed by atoms with van der Waals surface area (Å²) in [4.78, 5) is 0. The lowest BCUT2D eigenvalue weighted by atomic mass is 10.4. The maximum absolute atomic E-state index is 5.80. The number of nitrogen functional groups attached to an aromatic ring is 1. The van der Waals surface area contributed by atoms with E-state index in [1.54, 1.807) is 16.7 Å². The summed E-state index contributed by atoms with van der Waals surface area (Å²) in [5.41, 5.74) is 6.86. The highest BCUT2D eigenvalue weighted by Crippen LogP contribution is 2.17. The minimum atomic E-state index is 0.545. The topological polar surface area (TPSA) is 56.2 Å². The van der Waals surface area contributed by atoms with Crippen LogP contribution in [0.2, 0.25) is 5.02 Å². The standard InChI is InChI=1S/C7H7ClN4/c1-4-10-11-7-6(9)2-5(8)3-12(4)7/h2-3H,9H2,1H3. The minimum absolute atomic E-state index is 0.545. The lowest BCUT2D eigenvalue weighted by Crippen LogP contribution is -1.93. The third kappa shape index (κ3) is 0.921. The summed E-state index contributed by atoms with van der Waals surface area (Å²) in [5.74, 6) is 0.777. The number of anilines is 1. The fraction of sp³-hybridized carbons (Fsp3) is 0.143. The first kappa shape index (κ1) is 7.36. The van der Waals surface area contributed by atoms with Crippen LogP contribution in [0.25, 0.3) is 5.65 Å². The van der Waals surface area contributed by atoms with Gasteiger partial charge < -0.3 is 5.73 Å². The lowest BCUT2D eigenvalue weighted by molar-refractivity contribution is 1.01. The Labute approximate surface area is 74.0 Å². The second kappa shape index (κ2) is 2.35. The van der Waals surface area contributed by atoms with Crippen LogP contribution in [0.15, 0.2) is 12.3 Å². The van der Waals surface area contributed by atoms with Gasteiger partial charge in [-0.2, -0.15) is 0 Å². The molecular weight excluding hydrogens is 176 g/mol. The average Bonchev–Trinajstić information content (AvgIpc) is 2.33. The molecule has 0 aliphatic carbocycles. The quantitative estimate of drug-likeness (QED) is 0.668. The van der Waals surface area contributed by atoms with Gasteiger partial charge in [0.2, 0.25) is 0 Å². The molecule has 2 aromatic heterocycles. The second-order valence-corrected chi connectivity index (χ2v) is 2.99. The summed E-state index contributed by atoms with van der Waals surface area (Å²) in [6.45, 7) is 1.84. The summed E-state index contributed by atoms with van der Waals surface area (Å²) in [6, 6.07) is 1.66. The third-order valence-electron chi connectivity index (χ3n) is 1.67. The molecule has 62 valence electrons. The van der Waals surface area contributed by atoms with Crippen molar-refractivity contribution in [2.45, 2.75) is 6.92 Å². The Morgan fingerprint density at radius 1 is 1.50 bits per heavy atom. The van der Waals surface area contributed by atoms with Crippen molar-refractivity contribution < 1.29 is 0 Å². The first-order valence-electron chi connectivity index (χ1n) is 3.45. The van der Waals surface area contributed by atoms with E-state index in [4.69, 9.17) is 17.3 Å². The maximum atomic E-state index is 5.80. The van der Waals surface area contributed by atoms with E-state index >= 15 is 0 Å². The van der Waals surface area contributed by atoms with Crippen molar-refractivity contribution in [3.8, 4) is 0 Å². The van der Waals surface area contributed by atoms with E-state index in [1.165, 1.54) is 0 Å². The lowest BCUT2D eigenvalue weighted by Gasteiger charge is -1.98. The van der Waals surface area contributed by atoms with Gasteiger partial charge in [-0.25, -0.2) is 0 Å². The molecule has 12 heavy (non-hydrogen) atoms. The highest BCUT2D eigenvalue weighted by atomic mass is 35.5. The first-order valence-corrected chi connectivity index (χ1v) is 3.82. The van der Waals surface area contributed by atoms with Crippen molar-refractivity contribution in [1.29, 1.82) is 0 Å². The Morgan fingerprint density at radius 3 is 3.00 bits per heavy atom. The molecule has 2 heterocycles. The van der Waals surface area contributed by atoms with Gasteiger partial charge in [0, 0.05) is 6.20 Å². The van der Waals surface area contributed by atoms with Crippen LogP contribution in [0.3, 0.4) is 0 Å². The van der Waals surface area contributed by atoms with Gasteiger partial charge in [-0.15, -0.1) is 10.2 Å². The number of aromatic nitrogens is 3. The number of aryl methyl sites for hydroxylation is 1. The Hall–Kier alpha value is -1.29. The van der Waals surface area contributed by atoms with Crippen LogP contribution in [0.5, 0.6) is 0 Å². The summed E-state index contributed by atoms with van der Waals surface area (Å²) in [6.07, 6.45) is 1.74. The highest BCUT2D eigenvalue weighted by molar-refractivity contribution is 6.30. The molecule has 0 atom stereocenters. The molecule has 2 rings (SSSR count). The molecule has 0 aromatic carbocycles. The number of hydrogen-bond acceptors (Lipinski definition) is 3. The Kier molecular flexibility index (Phi) is 1.44. The largest absolute Gasteiger partial charge is 0.396 e. The van der Waals surface area contributed by atoms with Crippen molar-refractivity contribution in [2.24, 2.45) is 0 Å². The molecule has 0 bridgehead atoms. The van der Waals surface area contributed by atoms with Crippen LogP contribution in [0.4, 0.5) is 5.69 Å². The molecule has 0 radical (unpaired) electrons. The van der Waals surface area contributed by atoms with Crippen LogP contribution < -0.4 is 5.73 Å². The number of fused-ring (bicyclic) bond motifs is 1. The van der Waals surface area contributed by atoms with E-state index in [0.717, 1.165) is 5.82 Å². The number of hydrogen-bond donors (Lipinski definition) is 1. The predicted octanol–water partition coefficient (Wildman–Crippen LogP) is 1.27. The van der Waals surface area contributed by atoms with E-state index in [1.807, 2.05) is 6.92 Å². The molecule has 0 spiro atoms. The molecule has 2 N–H and O–H groups in total. The second-order valence-electron chi connectivity index (χ2n) is 2.55. The molecule has 5 heteroatoms. The normalized spacial score (nSPS) is 10.8. The molecule has 0 saturated carbocycles. The number of pyridine rings is 1. The fourth-order valence-corrected chi connectivity index (χ4v) is 1.31. The zero-order valence-corrected chi connectivity index (χ0v) is 7.21. The van der Waals surface area contributed by atoms with Gasteiger partial charge in [0.05, 0.1) is 10.7 Å². The average molecular weight is 183 g/mol. The van der Waals surface area contributed by atoms with E-state index in [2.05, 4.69) is 10.2 Å². The van der Waals surface area contributed by atoms with Gasteiger partial charge >= 0.3 is 0 Å². The van der Waals surface area contributed by atoms with Crippen LogP contribution in [-0.4, -0.2) is 14.6 Å². The molecule has 0 unspecified atom stereocenters. The van der Waals surface area contributed by atoms with Gasteiger partial charge in [-0.05, 0) is 13.0 Å². The Bertz CT molecular complexity index is 434. The summed E-state index contributed by atoms with van der Waals surface area (Å²) >= 11 is 5.80. The Morgan fingerprint density at radius 2 is 2.25 bits per heavy atom. The molecule has 4 nitrogen and oxygen atoms in total. The van der Waals surface area contributed by atoms with Crippen LogP contribution in [0.1, 0.15) is 5.82 Å². The van der Waals surface area contributed by atoms with Gasteiger partial charge in [0.1, 0.15) is 5.82 Å². The zero-order valence-electron chi connectivity index (χ0n) is 6.45. The van der Waals surface area contributed by atoms with Crippen LogP contribution >= 0.6 is 11.6 Å².